The highest BCUT2D eigenvalue weighted by Gasteiger charge is 2.28. The van der Waals surface area contributed by atoms with Gasteiger partial charge < -0.3 is 20.1 Å². The zero-order valence-electron chi connectivity index (χ0n) is 20.9. The van der Waals surface area contributed by atoms with Crippen molar-refractivity contribution in [2.24, 2.45) is 0 Å². The number of hydrogen-bond donors (Lipinski definition) is 2. The Hall–Kier alpha value is -4.43. The summed E-state index contributed by atoms with van der Waals surface area (Å²) in [6.45, 7) is 4.77. The third-order valence-electron chi connectivity index (χ3n) is 6.37. The molecule has 0 bridgehead atoms. The van der Waals surface area contributed by atoms with Gasteiger partial charge in [-0.2, -0.15) is 0 Å². The highest BCUT2D eigenvalue weighted by molar-refractivity contribution is 6.30. The van der Waals surface area contributed by atoms with Gasteiger partial charge in [0.2, 0.25) is 0 Å². The van der Waals surface area contributed by atoms with Crippen LogP contribution in [0, 0.1) is 6.92 Å². The summed E-state index contributed by atoms with van der Waals surface area (Å²) >= 11 is 6.22. The van der Waals surface area contributed by atoms with E-state index in [9.17, 15) is 9.59 Å². The Morgan fingerprint density at radius 1 is 1.16 bits per heavy atom. The largest absolute Gasteiger partial charge is 0.493 e. The maximum Gasteiger partial charge on any atom is 0.328 e. The van der Waals surface area contributed by atoms with Crippen LogP contribution in [0.15, 0.2) is 60.8 Å². The molecule has 38 heavy (non-hydrogen) atoms. The average molecular weight is 529 g/mol. The van der Waals surface area contributed by atoms with E-state index in [0.29, 0.717) is 53.4 Å². The lowest BCUT2D eigenvalue weighted by Gasteiger charge is -2.23. The van der Waals surface area contributed by atoms with E-state index in [2.05, 4.69) is 15.3 Å². The summed E-state index contributed by atoms with van der Waals surface area (Å²) in [7, 11) is 0. The number of pyridine rings is 2. The first-order valence-corrected chi connectivity index (χ1v) is 12.5. The zero-order valence-corrected chi connectivity index (χ0v) is 21.6. The second-order valence-electron chi connectivity index (χ2n) is 8.84. The Morgan fingerprint density at radius 2 is 1.95 bits per heavy atom. The molecule has 2 aromatic carbocycles. The van der Waals surface area contributed by atoms with Gasteiger partial charge in [0.05, 0.1) is 17.9 Å². The van der Waals surface area contributed by atoms with Crippen molar-refractivity contribution in [2.75, 3.05) is 23.4 Å². The predicted molar refractivity (Wildman–Crippen MR) is 149 cm³/mol. The number of aryl methyl sites for hydroxylation is 1. The molecule has 1 aliphatic heterocycles. The number of halogens is 1. The minimum Gasteiger partial charge on any atom is -0.493 e. The molecule has 0 saturated carbocycles. The summed E-state index contributed by atoms with van der Waals surface area (Å²) in [6.07, 6.45) is 4.97. The van der Waals surface area contributed by atoms with Gasteiger partial charge in [-0.15, -0.1) is 0 Å². The van der Waals surface area contributed by atoms with Gasteiger partial charge in [-0.3, -0.25) is 4.79 Å². The van der Waals surface area contributed by atoms with Crippen LogP contribution in [0.3, 0.4) is 0 Å². The van der Waals surface area contributed by atoms with E-state index >= 15 is 0 Å². The van der Waals surface area contributed by atoms with E-state index in [-0.39, 0.29) is 5.91 Å². The fourth-order valence-corrected chi connectivity index (χ4v) is 4.83. The van der Waals surface area contributed by atoms with Crippen molar-refractivity contribution in [2.45, 2.75) is 20.3 Å². The van der Waals surface area contributed by atoms with Crippen molar-refractivity contribution >= 4 is 57.6 Å². The number of hydrogen-bond acceptors (Lipinski definition) is 6. The van der Waals surface area contributed by atoms with Crippen molar-refractivity contribution < 1.29 is 19.4 Å². The number of carbonyl (C=O) groups excluding carboxylic acids is 1. The lowest BCUT2D eigenvalue weighted by atomic mass is 10.0. The fraction of sp³-hybridized carbons (Fsp3) is 0.172. The number of ether oxygens (including phenoxy) is 1. The summed E-state index contributed by atoms with van der Waals surface area (Å²) in [5, 5.41) is 14.1. The SMILES string of the molecule is CCN1c2ncc(CCOc3cccc4c(/C=C/C(=O)O)cccc34)cc2C(=O)Nc2c(C)cc(Cl)nc21. The molecule has 9 heteroatoms. The number of nitrogens with zero attached hydrogens (tertiary/aromatic N) is 3. The van der Waals surface area contributed by atoms with Gasteiger partial charge in [-0.25, -0.2) is 14.8 Å². The van der Waals surface area contributed by atoms with E-state index in [4.69, 9.17) is 21.4 Å². The third-order valence-corrected chi connectivity index (χ3v) is 6.56. The molecule has 3 heterocycles. The molecule has 0 radical (unpaired) electrons. The molecule has 5 rings (SSSR count). The summed E-state index contributed by atoms with van der Waals surface area (Å²) in [5.74, 6) is 0.536. The number of fused-ring (bicyclic) bond motifs is 3. The predicted octanol–water partition coefficient (Wildman–Crippen LogP) is 6.03. The maximum atomic E-state index is 13.2. The first-order chi connectivity index (χ1) is 18.4. The summed E-state index contributed by atoms with van der Waals surface area (Å²) < 4.78 is 6.12. The standard InChI is InChI=1S/C29H25ClN4O4/c1-3-34-27-22(29(37)33-26-17(2)14-24(30)32-28(26)34)15-18(16-31-27)12-13-38-23-9-5-7-20-19(10-11-25(35)36)6-4-8-21(20)23/h4-11,14-16H,3,12-13H2,1-2H3,(H,33,37)(H,35,36)/b11-10+. The number of carbonyl (C=O) groups is 2. The molecule has 8 nitrogen and oxygen atoms in total. The van der Waals surface area contributed by atoms with Gasteiger partial charge in [0.25, 0.3) is 5.91 Å². The lowest BCUT2D eigenvalue weighted by molar-refractivity contribution is -0.131. The summed E-state index contributed by atoms with van der Waals surface area (Å²) in [6, 6.07) is 14.9. The normalized spacial score (nSPS) is 12.7. The van der Waals surface area contributed by atoms with Crippen LogP contribution in [0.2, 0.25) is 5.15 Å². The molecule has 2 aromatic heterocycles. The quantitative estimate of drug-likeness (QED) is 0.223. The number of aliphatic carboxylic acids is 1. The first kappa shape index (κ1) is 25.2. The highest BCUT2D eigenvalue weighted by Crippen LogP contribution is 2.38. The number of aromatic nitrogens is 2. The molecule has 4 aromatic rings. The van der Waals surface area contributed by atoms with Crippen LogP contribution in [-0.2, 0) is 11.2 Å². The molecule has 0 saturated heterocycles. The Kier molecular flexibility index (Phi) is 6.98. The summed E-state index contributed by atoms with van der Waals surface area (Å²) in [5.41, 5.74) is 3.55. The van der Waals surface area contributed by atoms with Crippen LogP contribution in [-0.4, -0.2) is 40.1 Å². The molecule has 1 amide bonds. The van der Waals surface area contributed by atoms with Gasteiger partial charge >= 0.3 is 5.97 Å². The van der Waals surface area contributed by atoms with E-state index in [1.54, 1.807) is 18.3 Å². The van der Waals surface area contributed by atoms with Crippen LogP contribution < -0.4 is 15.0 Å². The Morgan fingerprint density at radius 3 is 2.74 bits per heavy atom. The van der Waals surface area contributed by atoms with Crippen molar-refractivity contribution in [3.63, 3.8) is 0 Å². The van der Waals surface area contributed by atoms with E-state index in [0.717, 1.165) is 33.5 Å². The topological polar surface area (TPSA) is 105 Å². The van der Waals surface area contributed by atoms with E-state index in [1.165, 1.54) is 0 Å². The minimum absolute atomic E-state index is 0.254. The maximum absolute atomic E-state index is 13.2. The molecular formula is C29H25ClN4O4. The number of nitrogens with one attached hydrogen (secondary N) is 1. The Labute approximate surface area is 224 Å². The van der Waals surface area contributed by atoms with Gasteiger partial charge in [0.1, 0.15) is 16.7 Å². The number of anilines is 3. The van der Waals surface area contributed by atoms with Crippen LogP contribution in [0.25, 0.3) is 16.8 Å². The number of benzene rings is 2. The molecule has 0 aliphatic carbocycles. The molecule has 0 unspecified atom stereocenters. The number of amides is 1. The monoisotopic (exact) mass is 528 g/mol. The van der Waals surface area contributed by atoms with Gasteiger partial charge in [-0.1, -0.05) is 41.9 Å². The van der Waals surface area contributed by atoms with Crippen molar-refractivity contribution in [3.05, 3.63) is 88.2 Å². The zero-order chi connectivity index (χ0) is 26.8. The van der Waals surface area contributed by atoms with Crippen LogP contribution in [0.4, 0.5) is 17.3 Å². The Balaban J connectivity index is 1.38. The van der Waals surface area contributed by atoms with E-state index < -0.39 is 5.97 Å². The molecule has 192 valence electrons. The van der Waals surface area contributed by atoms with E-state index in [1.807, 2.05) is 61.2 Å². The van der Waals surface area contributed by atoms with Gasteiger partial charge in [0, 0.05) is 30.6 Å². The highest BCUT2D eigenvalue weighted by atomic mass is 35.5. The number of carboxylic acids is 1. The second-order valence-corrected chi connectivity index (χ2v) is 9.23. The smallest absolute Gasteiger partial charge is 0.328 e. The third kappa shape index (κ3) is 4.90. The van der Waals surface area contributed by atoms with Crippen molar-refractivity contribution in [1.29, 1.82) is 0 Å². The molecule has 0 spiro atoms. The molecule has 1 aliphatic rings. The number of rotatable bonds is 7. The van der Waals surface area contributed by atoms with Crippen LogP contribution in [0.5, 0.6) is 5.75 Å². The fourth-order valence-electron chi connectivity index (χ4n) is 4.58. The lowest BCUT2D eigenvalue weighted by Crippen LogP contribution is -2.20. The van der Waals surface area contributed by atoms with Gasteiger partial charge in [-0.05, 0) is 60.2 Å². The summed E-state index contributed by atoms with van der Waals surface area (Å²) in [4.78, 5) is 35.1. The molecular weight excluding hydrogens is 504 g/mol. The Bertz CT molecular complexity index is 1600. The minimum atomic E-state index is -1.00. The van der Waals surface area contributed by atoms with Crippen LogP contribution >= 0.6 is 11.6 Å². The average Bonchev–Trinajstić information content (AvgIpc) is 3.01. The second kappa shape index (κ2) is 10.5. The van der Waals surface area contributed by atoms with Gasteiger partial charge in [0.15, 0.2) is 5.82 Å². The van der Waals surface area contributed by atoms with Crippen LogP contribution in [0.1, 0.15) is 34.0 Å². The molecule has 0 fully saturated rings. The molecule has 0 atom stereocenters. The number of carboxylic acid groups (broad SMARTS) is 1. The van der Waals surface area contributed by atoms with Crippen molar-refractivity contribution in [3.8, 4) is 5.75 Å². The first-order valence-electron chi connectivity index (χ1n) is 12.2. The molecule has 2 N–H and O–H groups in total. The van der Waals surface area contributed by atoms with Crippen molar-refractivity contribution in [1.82, 2.24) is 9.97 Å².